The van der Waals surface area contributed by atoms with Crippen molar-refractivity contribution in [2.45, 2.75) is 32.8 Å². The molecule has 3 nitrogen and oxygen atoms in total. The van der Waals surface area contributed by atoms with Crippen LogP contribution in [0.4, 0.5) is 0 Å². The molecule has 1 aliphatic rings. The van der Waals surface area contributed by atoms with Crippen LogP contribution in [-0.2, 0) is 14.2 Å². The van der Waals surface area contributed by atoms with Gasteiger partial charge in [0.15, 0.2) is 0 Å². The first-order valence-electron chi connectivity index (χ1n) is 6.02. The van der Waals surface area contributed by atoms with Crippen LogP contribution in [0, 0.1) is 5.41 Å². The fourth-order valence-corrected chi connectivity index (χ4v) is 2.47. The molecule has 0 saturated carbocycles. The molecule has 0 N–H and O–H groups in total. The van der Waals surface area contributed by atoms with E-state index in [0.717, 1.165) is 38.0 Å². The van der Waals surface area contributed by atoms with E-state index in [9.17, 15) is 0 Å². The molecule has 0 radical (unpaired) electrons. The Balaban J connectivity index is 2.13. The molecule has 0 aromatic rings. The van der Waals surface area contributed by atoms with Gasteiger partial charge in [0.2, 0.25) is 0 Å². The lowest BCUT2D eigenvalue weighted by atomic mass is 9.83. The molecular weight excluding hydrogens is 272 g/mol. The molecule has 4 heteroatoms. The van der Waals surface area contributed by atoms with Crippen LogP contribution in [0.2, 0.25) is 0 Å². The third kappa shape index (κ3) is 5.13. The summed E-state index contributed by atoms with van der Waals surface area (Å²) >= 11 is 3.59. The van der Waals surface area contributed by atoms with Crippen LogP contribution in [0.25, 0.3) is 0 Å². The summed E-state index contributed by atoms with van der Waals surface area (Å²) in [7, 11) is 0. The molecule has 0 aliphatic carbocycles. The Labute approximate surface area is 107 Å². The maximum atomic E-state index is 5.71. The van der Waals surface area contributed by atoms with Gasteiger partial charge in [-0.05, 0) is 26.7 Å². The fraction of sp³-hybridized carbons (Fsp3) is 1.00. The van der Waals surface area contributed by atoms with Crippen molar-refractivity contribution in [2.75, 3.05) is 38.4 Å². The van der Waals surface area contributed by atoms with Crippen molar-refractivity contribution in [3.8, 4) is 0 Å². The SMILES string of the molecule is CC(C)OCCOCC1(CBr)CCOCC1. The van der Waals surface area contributed by atoms with Gasteiger partial charge in [0.05, 0.1) is 25.9 Å². The molecule has 96 valence electrons. The molecule has 16 heavy (non-hydrogen) atoms. The largest absolute Gasteiger partial charge is 0.381 e. The summed E-state index contributed by atoms with van der Waals surface area (Å²) in [6.07, 6.45) is 2.46. The molecule has 1 heterocycles. The van der Waals surface area contributed by atoms with Gasteiger partial charge in [0.25, 0.3) is 0 Å². The predicted octanol–water partition coefficient (Wildman–Crippen LogP) is 2.62. The summed E-state index contributed by atoms with van der Waals surface area (Å²) in [5, 5.41) is 0.994. The van der Waals surface area contributed by atoms with Crippen LogP contribution in [0.15, 0.2) is 0 Å². The summed E-state index contributed by atoms with van der Waals surface area (Å²) < 4.78 is 16.5. The number of hydrogen-bond acceptors (Lipinski definition) is 3. The Morgan fingerprint density at radius 3 is 2.50 bits per heavy atom. The summed E-state index contributed by atoms with van der Waals surface area (Å²) in [6.45, 7) is 7.98. The van der Waals surface area contributed by atoms with Crippen LogP contribution in [0.3, 0.4) is 0 Å². The number of hydrogen-bond donors (Lipinski definition) is 0. The summed E-state index contributed by atoms with van der Waals surface area (Å²) in [5.41, 5.74) is 0.274. The topological polar surface area (TPSA) is 27.7 Å². The Morgan fingerprint density at radius 2 is 1.94 bits per heavy atom. The van der Waals surface area contributed by atoms with Gasteiger partial charge in [-0.25, -0.2) is 0 Å². The average molecular weight is 295 g/mol. The second kappa shape index (κ2) is 7.64. The first-order valence-corrected chi connectivity index (χ1v) is 7.14. The predicted molar refractivity (Wildman–Crippen MR) is 68.2 cm³/mol. The molecule has 1 saturated heterocycles. The lowest BCUT2D eigenvalue weighted by molar-refractivity contribution is -0.0444. The minimum Gasteiger partial charge on any atom is -0.381 e. The van der Waals surface area contributed by atoms with Crippen LogP contribution in [0.1, 0.15) is 26.7 Å². The van der Waals surface area contributed by atoms with E-state index >= 15 is 0 Å². The molecule has 0 bridgehead atoms. The lowest BCUT2D eigenvalue weighted by Crippen LogP contribution is -2.36. The van der Waals surface area contributed by atoms with Crippen molar-refractivity contribution in [1.29, 1.82) is 0 Å². The number of halogens is 1. The standard InChI is InChI=1S/C12H23BrO3/c1-11(2)16-8-7-15-10-12(9-13)3-5-14-6-4-12/h11H,3-10H2,1-2H3. The molecular formula is C12H23BrO3. The highest BCUT2D eigenvalue weighted by molar-refractivity contribution is 9.09. The third-order valence-electron chi connectivity index (χ3n) is 2.92. The maximum Gasteiger partial charge on any atom is 0.0703 e. The lowest BCUT2D eigenvalue weighted by Gasteiger charge is -2.35. The monoisotopic (exact) mass is 294 g/mol. The quantitative estimate of drug-likeness (QED) is 0.534. The smallest absolute Gasteiger partial charge is 0.0703 e. The zero-order valence-electron chi connectivity index (χ0n) is 10.3. The molecule has 0 aromatic heterocycles. The first-order chi connectivity index (χ1) is 7.68. The third-order valence-corrected chi connectivity index (χ3v) is 4.11. The minimum atomic E-state index is 0.274. The number of rotatable bonds is 7. The molecule has 0 unspecified atom stereocenters. The summed E-state index contributed by atoms with van der Waals surface area (Å²) in [5.74, 6) is 0. The second-order valence-electron chi connectivity index (χ2n) is 4.72. The van der Waals surface area contributed by atoms with E-state index in [2.05, 4.69) is 15.9 Å². The van der Waals surface area contributed by atoms with E-state index < -0.39 is 0 Å². The van der Waals surface area contributed by atoms with Gasteiger partial charge in [-0.15, -0.1) is 0 Å². The highest BCUT2D eigenvalue weighted by atomic mass is 79.9. The van der Waals surface area contributed by atoms with Gasteiger partial charge in [-0.1, -0.05) is 15.9 Å². The summed E-state index contributed by atoms with van der Waals surface area (Å²) in [4.78, 5) is 0. The Morgan fingerprint density at radius 1 is 1.25 bits per heavy atom. The molecule has 1 rings (SSSR count). The van der Waals surface area contributed by atoms with E-state index in [-0.39, 0.29) is 11.5 Å². The van der Waals surface area contributed by atoms with Crippen molar-refractivity contribution >= 4 is 15.9 Å². The molecule has 1 fully saturated rings. The van der Waals surface area contributed by atoms with Crippen LogP contribution < -0.4 is 0 Å². The van der Waals surface area contributed by atoms with Crippen molar-refractivity contribution in [3.63, 3.8) is 0 Å². The normalized spacial score (nSPS) is 20.2. The van der Waals surface area contributed by atoms with E-state index in [1.165, 1.54) is 0 Å². The van der Waals surface area contributed by atoms with Gasteiger partial charge < -0.3 is 14.2 Å². The molecule has 0 spiro atoms. The van der Waals surface area contributed by atoms with Crippen molar-refractivity contribution in [2.24, 2.45) is 5.41 Å². The highest BCUT2D eigenvalue weighted by Crippen LogP contribution is 2.32. The minimum absolute atomic E-state index is 0.274. The Kier molecular flexibility index (Phi) is 6.89. The first kappa shape index (κ1) is 14.4. The van der Waals surface area contributed by atoms with E-state index in [0.29, 0.717) is 13.2 Å². The van der Waals surface area contributed by atoms with Gasteiger partial charge in [-0.3, -0.25) is 0 Å². The van der Waals surface area contributed by atoms with E-state index in [1.54, 1.807) is 0 Å². The zero-order valence-corrected chi connectivity index (χ0v) is 11.9. The van der Waals surface area contributed by atoms with Gasteiger partial charge >= 0.3 is 0 Å². The van der Waals surface area contributed by atoms with Crippen molar-refractivity contribution in [3.05, 3.63) is 0 Å². The van der Waals surface area contributed by atoms with Crippen LogP contribution in [-0.4, -0.2) is 44.5 Å². The second-order valence-corrected chi connectivity index (χ2v) is 5.28. The van der Waals surface area contributed by atoms with Crippen LogP contribution in [0.5, 0.6) is 0 Å². The molecule has 0 amide bonds. The highest BCUT2D eigenvalue weighted by Gasteiger charge is 2.31. The Hall–Kier alpha value is 0.360. The fourth-order valence-electron chi connectivity index (χ4n) is 1.75. The zero-order chi connectivity index (χ0) is 11.9. The van der Waals surface area contributed by atoms with Gasteiger partial charge in [-0.2, -0.15) is 0 Å². The molecule has 1 aliphatic heterocycles. The molecule has 0 aromatic carbocycles. The average Bonchev–Trinajstić information content (AvgIpc) is 2.29. The van der Waals surface area contributed by atoms with Crippen molar-refractivity contribution < 1.29 is 14.2 Å². The maximum absolute atomic E-state index is 5.71. The van der Waals surface area contributed by atoms with Gasteiger partial charge in [0, 0.05) is 24.0 Å². The van der Waals surface area contributed by atoms with E-state index in [4.69, 9.17) is 14.2 Å². The van der Waals surface area contributed by atoms with Gasteiger partial charge in [0.1, 0.15) is 0 Å². The van der Waals surface area contributed by atoms with Crippen LogP contribution >= 0.6 is 15.9 Å². The van der Waals surface area contributed by atoms with E-state index in [1.807, 2.05) is 13.8 Å². The Bertz CT molecular complexity index is 179. The molecule has 0 atom stereocenters. The number of ether oxygens (including phenoxy) is 3. The van der Waals surface area contributed by atoms with Crippen molar-refractivity contribution in [1.82, 2.24) is 0 Å². The number of alkyl halides is 1. The summed E-state index contributed by atoms with van der Waals surface area (Å²) in [6, 6.07) is 0.